The number of thiophene rings is 1. The van der Waals surface area contributed by atoms with Crippen molar-refractivity contribution in [2.24, 2.45) is 0 Å². The van der Waals surface area contributed by atoms with Crippen molar-refractivity contribution in [2.45, 2.75) is 11.4 Å². The number of nitrogens with one attached hydrogen (secondary N) is 1. The number of hydrogen-bond donors (Lipinski definition) is 1. The minimum absolute atomic E-state index is 0.110. The molecule has 0 unspecified atom stereocenters. The lowest BCUT2D eigenvalue weighted by atomic mass is 10.2. The molecule has 4 aromatic rings. The number of rotatable bonds is 7. The molecule has 0 saturated carbocycles. The molecule has 0 radical (unpaired) electrons. The largest absolute Gasteiger partial charge is 0.322 e. The summed E-state index contributed by atoms with van der Waals surface area (Å²) in [5.41, 5.74) is 2.47. The van der Waals surface area contributed by atoms with Crippen LogP contribution in [0.3, 0.4) is 0 Å². The number of carbonyl (C=O) groups is 1. The molecule has 0 aliphatic heterocycles. The first-order chi connectivity index (χ1) is 15.3. The highest BCUT2D eigenvalue weighted by Gasteiger charge is 2.21. The molecule has 2 aromatic carbocycles. The Hall–Kier alpha value is -3.27. The van der Waals surface area contributed by atoms with Gasteiger partial charge in [-0.1, -0.05) is 42.5 Å². The van der Waals surface area contributed by atoms with Crippen LogP contribution in [0.5, 0.6) is 0 Å². The molecule has 0 fully saturated rings. The van der Waals surface area contributed by atoms with Crippen LogP contribution >= 0.6 is 11.3 Å². The molecule has 0 bridgehead atoms. The van der Waals surface area contributed by atoms with Gasteiger partial charge in [-0.15, -0.1) is 11.3 Å². The molecule has 7 nitrogen and oxygen atoms in total. The number of carbonyl (C=O) groups excluding carboxylic acids is 1. The van der Waals surface area contributed by atoms with Crippen LogP contribution in [0.2, 0.25) is 0 Å². The molecule has 0 atom stereocenters. The lowest BCUT2D eigenvalue weighted by Crippen LogP contribution is -2.22. The molecular formula is C23H22N4O3S2. The average molecular weight is 467 g/mol. The van der Waals surface area contributed by atoms with Gasteiger partial charge in [0.25, 0.3) is 5.91 Å². The van der Waals surface area contributed by atoms with E-state index in [2.05, 4.69) is 10.4 Å². The van der Waals surface area contributed by atoms with Crippen molar-refractivity contribution < 1.29 is 13.2 Å². The summed E-state index contributed by atoms with van der Waals surface area (Å²) in [4.78, 5) is 14.2. The zero-order valence-corrected chi connectivity index (χ0v) is 19.2. The summed E-state index contributed by atoms with van der Waals surface area (Å²) in [5, 5.41) is 9.41. The number of sulfonamides is 1. The molecule has 1 N–H and O–H groups in total. The normalized spacial score (nSPS) is 11.6. The zero-order valence-electron chi connectivity index (χ0n) is 17.6. The van der Waals surface area contributed by atoms with Crippen molar-refractivity contribution in [3.63, 3.8) is 0 Å². The Morgan fingerprint density at radius 2 is 1.84 bits per heavy atom. The van der Waals surface area contributed by atoms with Crippen LogP contribution in [0, 0.1) is 0 Å². The van der Waals surface area contributed by atoms with Gasteiger partial charge in [0.15, 0.2) is 0 Å². The van der Waals surface area contributed by atoms with Gasteiger partial charge in [0, 0.05) is 26.0 Å². The third-order valence-corrected chi connectivity index (χ3v) is 7.51. The van der Waals surface area contributed by atoms with Crippen molar-refractivity contribution >= 4 is 33.0 Å². The van der Waals surface area contributed by atoms with Crippen molar-refractivity contribution in [3.05, 3.63) is 89.4 Å². The summed E-state index contributed by atoms with van der Waals surface area (Å²) >= 11 is 1.50. The van der Waals surface area contributed by atoms with Crippen LogP contribution in [-0.4, -0.2) is 42.5 Å². The first-order valence-corrected chi connectivity index (χ1v) is 12.2. The van der Waals surface area contributed by atoms with Crippen LogP contribution < -0.4 is 5.32 Å². The zero-order chi connectivity index (χ0) is 22.7. The quantitative estimate of drug-likeness (QED) is 0.443. The highest BCUT2D eigenvalue weighted by atomic mass is 32.2. The topological polar surface area (TPSA) is 84.3 Å². The maximum absolute atomic E-state index is 13.2. The van der Waals surface area contributed by atoms with E-state index in [-0.39, 0.29) is 10.8 Å². The summed E-state index contributed by atoms with van der Waals surface area (Å²) in [6, 6.07) is 19.9. The van der Waals surface area contributed by atoms with Gasteiger partial charge in [-0.3, -0.25) is 9.48 Å². The third kappa shape index (κ3) is 4.64. The number of aromatic nitrogens is 2. The number of amides is 1. The van der Waals surface area contributed by atoms with Crippen LogP contribution in [-0.2, 0) is 16.6 Å². The van der Waals surface area contributed by atoms with E-state index in [9.17, 15) is 13.2 Å². The molecule has 1 amide bonds. The molecular weight excluding hydrogens is 444 g/mol. The lowest BCUT2D eigenvalue weighted by molar-refractivity contribution is 0.102. The van der Waals surface area contributed by atoms with Gasteiger partial charge < -0.3 is 5.32 Å². The summed E-state index contributed by atoms with van der Waals surface area (Å²) in [6.07, 6.45) is 1.72. The minimum atomic E-state index is -3.61. The standard InChI is InChI=1S/C23H22N4O3S2/c1-26(2)32(29,30)19-11-6-10-18(14-19)24-23(28)20-16-27(15-17-8-4-3-5-9-17)25-22(20)21-12-7-13-31-21/h3-14,16H,15H2,1-2H3,(H,24,28). The summed E-state index contributed by atoms with van der Waals surface area (Å²) in [6.45, 7) is 0.531. The van der Waals surface area contributed by atoms with Gasteiger partial charge in [-0.2, -0.15) is 5.10 Å². The van der Waals surface area contributed by atoms with Gasteiger partial charge in [-0.05, 0) is 35.2 Å². The smallest absolute Gasteiger partial charge is 0.259 e. The lowest BCUT2D eigenvalue weighted by Gasteiger charge is -2.12. The Labute approximate surface area is 191 Å². The van der Waals surface area contributed by atoms with E-state index in [0.29, 0.717) is 23.5 Å². The second-order valence-corrected chi connectivity index (χ2v) is 10.4. The van der Waals surface area contributed by atoms with E-state index in [1.54, 1.807) is 23.0 Å². The van der Waals surface area contributed by atoms with E-state index in [1.165, 1.54) is 37.6 Å². The fraction of sp³-hybridized carbons (Fsp3) is 0.130. The van der Waals surface area contributed by atoms with E-state index in [1.807, 2.05) is 47.8 Å². The van der Waals surface area contributed by atoms with E-state index in [0.717, 1.165) is 14.7 Å². The number of nitrogens with zero attached hydrogens (tertiary/aromatic N) is 3. The highest BCUT2D eigenvalue weighted by Crippen LogP contribution is 2.28. The Balaban J connectivity index is 1.65. The van der Waals surface area contributed by atoms with Crippen LogP contribution in [0.4, 0.5) is 5.69 Å². The number of benzene rings is 2. The van der Waals surface area contributed by atoms with Crippen molar-refractivity contribution in [3.8, 4) is 10.6 Å². The molecule has 2 heterocycles. The van der Waals surface area contributed by atoms with E-state index in [4.69, 9.17) is 0 Å². The van der Waals surface area contributed by atoms with Gasteiger partial charge in [-0.25, -0.2) is 12.7 Å². The Morgan fingerprint density at radius 3 is 2.53 bits per heavy atom. The number of anilines is 1. The van der Waals surface area contributed by atoms with E-state index >= 15 is 0 Å². The second kappa shape index (κ2) is 9.07. The summed E-state index contributed by atoms with van der Waals surface area (Å²) < 4.78 is 27.7. The molecule has 4 rings (SSSR count). The first-order valence-electron chi connectivity index (χ1n) is 9.84. The fourth-order valence-electron chi connectivity index (χ4n) is 3.18. The predicted octanol–water partition coefficient (Wildman–Crippen LogP) is 4.16. The Bertz CT molecular complexity index is 1330. The maximum Gasteiger partial charge on any atom is 0.259 e. The Kier molecular flexibility index (Phi) is 6.22. The third-order valence-electron chi connectivity index (χ3n) is 4.82. The molecule has 0 aliphatic rings. The molecule has 32 heavy (non-hydrogen) atoms. The fourth-order valence-corrected chi connectivity index (χ4v) is 4.85. The minimum Gasteiger partial charge on any atom is -0.322 e. The second-order valence-electron chi connectivity index (χ2n) is 7.32. The molecule has 0 saturated heterocycles. The predicted molar refractivity (Wildman–Crippen MR) is 126 cm³/mol. The monoisotopic (exact) mass is 466 g/mol. The highest BCUT2D eigenvalue weighted by molar-refractivity contribution is 7.89. The molecule has 0 spiro atoms. The average Bonchev–Trinajstić information content (AvgIpc) is 3.44. The summed E-state index contributed by atoms with van der Waals surface area (Å²) in [7, 11) is -0.672. The number of hydrogen-bond acceptors (Lipinski definition) is 5. The van der Waals surface area contributed by atoms with Crippen LogP contribution in [0.15, 0.2) is 83.2 Å². The van der Waals surface area contributed by atoms with Crippen LogP contribution in [0.25, 0.3) is 10.6 Å². The van der Waals surface area contributed by atoms with E-state index < -0.39 is 10.0 Å². The molecule has 0 aliphatic carbocycles. The van der Waals surface area contributed by atoms with Gasteiger partial charge in [0.2, 0.25) is 10.0 Å². The van der Waals surface area contributed by atoms with Crippen molar-refractivity contribution in [1.82, 2.24) is 14.1 Å². The SMILES string of the molecule is CN(C)S(=O)(=O)c1cccc(NC(=O)c2cn(Cc3ccccc3)nc2-c2cccs2)c1. The molecule has 2 aromatic heterocycles. The van der Waals surface area contributed by atoms with Crippen molar-refractivity contribution in [2.75, 3.05) is 19.4 Å². The van der Waals surface area contributed by atoms with Crippen molar-refractivity contribution in [1.29, 1.82) is 0 Å². The molecule has 164 valence electrons. The maximum atomic E-state index is 13.2. The van der Waals surface area contributed by atoms with Gasteiger partial charge >= 0.3 is 0 Å². The van der Waals surface area contributed by atoms with Gasteiger partial charge in [0.1, 0.15) is 5.69 Å². The first kappa shape index (κ1) is 21.9. The van der Waals surface area contributed by atoms with Gasteiger partial charge in [0.05, 0.1) is 21.9 Å². The van der Waals surface area contributed by atoms with Crippen LogP contribution in [0.1, 0.15) is 15.9 Å². The molecule has 9 heteroatoms. The summed E-state index contributed by atoms with van der Waals surface area (Å²) in [5.74, 6) is -0.355. The Morgan fingerprint density at radius 1 is 1.06 bits per heavy atom.